The first-order valence-electron chi connectivity index (χ1n) is 11.4. The number of rotatable bonds is 7. The highest BCUT2D eigenvalue weighted by molar-refractivity contribution is 6.18. The number of aromatic nitrogens is 2. The van der Waals surface area contributed by atoms with Crippen LogP contribution in [-0.4, -0.2) is 45.8 Å². The van der Waals surface area contributed by atoms with E-state index in [1.807, 2.05) is 12.3 Å². The molecule has 0 spiro atoms. The number of H-pyrrole nitrogens is 1. The second-order valence-electron chi connectivity index (χ2n) is 8.74. The normalized spacial score (nSPS) is 11.3. The van der Waals surface area contributed by atoms with Crippen LogP contribution in [0.1, 0.15) is 31.4 Å². The molecule has 0 aliphatic heterocycles. The fraction of sp³-hybridized carbons (Fsp3) is 0.296. The highest BCUT2D eigenvalue weighted by Crippen LogP contribution is 2.39. The monoisotopic (exact) mass is 477 g/mol. The first-order valence-corrected chi connectivity index (χ1v) is 11.4. The van der Waals surface area contributed by atoms with Crippen LogP contribution in [0.3, 0.4) is 0 Å². The lowest BCUT2D eigenvalue weighted by molar-refractivity contribution is -0.134. The quantitative estimate of drug-likeness (QED) is 0.253. The molecule has 8 heteroatoms. The number of aryl methyl sites for hydroxylation is 2. The molecule has 184 valence electrons. The summed E-state index contributed by atoms with van der Waals surface area (Å²) in [4.78, 5) is 27.4. The molecule has 0 radical (unpaired) electrons. The lowest BCUT2D eigenvalue weighted by Gasteiger charge is -2.15. The molecule has 4 aromatic rings. The lowest BCUT2D eigenvalue weighted by Crippen LogP contribution is -2.07. The first kappa shape index (κ1) is 25.6. The standard InChI is InChI=1S/C23H27N3O.C4H4O4/c1-13(2)8-10-24-23-21-15(4)20-18-12-16(27-5)6-7-19(18)26-22(20)14(3)17(21)9-11-25-23;5-3(6)1-2-4(7)8/h6-7,9,11-13,26H,8,10H2,1-5H3,(H,24,25);1-2H,(H,5,6)(H,7,8)/b;2-1-. The van der Waals surface area contributed by atoms with E-state index in [1.165, 1.54) is 38.2 Å². The molecule has 0 saturated carbocycles. The van der Waals surface area contributed by atoms with Gasteiger partial charge in [-0.15, -0.1) is 0 Å². The maximum atomic E-state index is 9.55. The molecule has 0 saturated heterocycles. The fourth-order valence-corrected chi connectivity index (χ4v) is 4.14. The number of hydrogen-bond acceptors (Lipinski definition) is 5. The van der Waals surface area contributed by atoms with Crippen LogP contribution < -0.4 is 10.1 Å². The summed E-state index contributed by atoms with van der Waals surface area (Å²) in [5, 5.41) is 24.1. The number of carboxylic acid groups (broad SMARTS) is 2. The largest absolute Gasteiger partial charge is 0.497 e. The Balaban J connectivity index is 0.000000371. The van der Waals surface area contributed by atoms with Gasteiger partial charge in [0.25, 0.3) is 0 Å². The Morgan fingerprint density at radius 1 is 1.06 bits per heavy atom. The van der Waals surface area contributed by atoms with Gasteiger partial charge in [0, 0.05) is 46.6 Å². The summed E-state index contributed by atoms with van der Waals surface area (Å²) >= 11 is 0. The zero-order chi connectivity index (χ0) is 25.7. The van der Waals surface area contributed by atoms with E-state index in [9.17, 15) is 9.59 Å². The molecule has 8 nitrogen and oxygen atoms in total. The number of carbonyl (C=O) groups is 2. The maximum absolute atomic E-state index is 9.55. The van der Waals surface area contributed by atoms with Crippen LogP contribution in [0, 0.1) is 19.8 Å². The number of ether oxygens (including phenoxy) is 1. The average Bonchev–Trinajstić information content (AvgIpc) is 3.20. The lowest BCUT2D eigenvalue weighted by atomic mass is 9.96. The zero-order valence-corrected chi connectivity index (χ0v) is 20.6. The van der Waals surface area contributed by atoms with Crippen LogP contribution in [0.2, 0.25) is 0 Å². The van der Waals surface area contributed by atoms with Gasteiger partial charge in [-0.1, -0.05) is 13.8 Å². The van der Waals surface area contributed by atoms with Gasteiger partial charge in [0.15, 0.2) is 0 Å². The number of methoxy groups -OCH3 is 1. The molecule has 0 atom stereocenters. The Kier molecular flexibility index (Phi) is 7.96. The predicted molar refractivity (Wildman–Crippen MR) is 139 cm³/mol. The molecular formula is C27H31N3O5. The summed E-state index contributed by atoms with van der Waals surface area (Å²) in [6.07, 6.45) is 4.15. The van der Waals surface area contributed by atoms with Crippen molar-refractivity contribution in [1.29, 1.82) is 0 Å². The van der Waals surface area contributed by atoms with Gasteiger partial charge in [0.2, 0.25) is 0 Å². The van der Waals surface area contributed by atoms with Crippen LogP contribution in [0.4, 0.5) is 5.82 Å². The third-order valence-electron chi connectivity index (χ3n) is 5.87. The minimum atomic E-state index is -1.26. The van der Waals surface area contributed by atoms with E-state index >= 15 is 0 Å². The summed E-state index contributed by atoms with van der Waals surface area (Å²) < 4.78 is 5.46. The van der Waals surface area contributed by atoms with Crippen LogP contribution in [0.25, 0.3) is 32.6 Å². The van der Waals surface area contributed by atoms with Crippen molar-refractivity contribution in [2.75, 3.05) is 19.0 Å². The molecule has 2 heterocycles. The molecule has 4 rings (SSSR count). The predicted octanol–water partition coefficient (Wildman–Crippen LogP) is 5.66. The Labute approximate surface area is 203 Å². The average molecular weight is 478 g/mol. The minimum Gasteiger partial charge on any atom is -0.497 e. The van der Waals surface area contributed by atoms with Crippen LogP contribution >= 0.6 is 0 Å². The van der Waals surface area contributed by atoms with Crippen LogP contribution in [-0.2, 0) is 9.59 Å². The minimum absolute atomic E-state index is 0.558. The number of nitrogens with one attached hydrogen (secondary N) is 2. The number of fused-ring (bicyclic) bond motifs is 4. The SMILES string of the molecule is COc1ccc2[nH]c3c(C)c4ccnc(NCCC(C)C)c4c(C)c3c2c1.O=C(O)/C=C\C(=O)O. The highest BCUT2D eigenvalue weighted by atomic mass is 16.5. The third-order valence-corrected chi connectivity index (χ3v) is 5.87. The first-order chi connectivity index (χ1) is 16.6. The number of hydrogen-bond donors (Lipinski definition) is 4. The number of benzene rings is 2. The molecule has 0 amide bonds. The molecule has 0 bridgehead atoms. The molecule has 4 N–H and O–H groups in total. The van der Waals surface area contributed by atoms with Gasteiger partial charge >= 0.3 is 11.9 Å². The van der Waals surface area contributed by atoms with Crippen molar-refractivity contribution in [1.82, 2.24) is 9.97 Å². The van der Waals surface area contributed by atoms with Crippen molar-refractivity contribution in [3.63, 3.8) is 0 Å². The van der Waals surface area contributed by atoms with Gasteiger partial charge in [0.05, 0.1) is 12.6 Å². The number of nitrogens with zero attached hydrogens (tertiary/aromatic N) is 1. The number of aromatic amines is 1. The van der Waals surface area contributed by atoms with E-state index in [2.05, 4.69) is 61.2 Å². The van der Waals surface area contributed by atoms with Crippen molar-refractivity contribution in [3.8, 4) is 5.75 Å². The second kappa shape index (κ2) is 10.9. The van der Waals surface area contributed by atoms with Crippen LogP contribution in [0.5, 0.6) is 5.75 Å². The Bertz CT molecular complexity index is 1400. The molecule has 0 unspecified atom stereocenters. The van der Waals surface area contributed by atoms with Gasteiger partial charge in [-0.3, -0.25) is 0 Å². The number of pyridine rings is 1. The Morgan fingerprint density at radius 3 is 2.34 bits per heavy atom. The van der Waals surface area contributed by atoms with Gasteiger partial charge < -0.3 is 25.3 Å². The summed E-state index contributed by atoms with van der Waals surface area (Å²) in [6.45, 7) is 9.82. The summed E-state index contributed by atoms with van der Waals surface area (Å²) in [6, 6.07) is 8.34. The maximum Gasteiger partial charge on any atom is 0.328 e. The molecule has 0 aliphatic carbocycles. The number of aliphatic carboxylic acids is 2. The summed E-state index contributed by atoms with van der Waals surface area (Å²) in [5.41, 5.74) is 4.84. The van der Waals surface area contributed by atoms with E-state index in [1.54, 1.807) is 7.11 Å². The molecule has 0 aliphatic rings. The van der Waals surface area contributed by atoms with Gasteiger partial charge in [-0.2, -0.15) is 0 Å². The molecule has 2 aromatic carbocycles. The second-order valence-corrected chi connectivity index (χ2v) is 8.74. The van der Waals surface area contributed by atoms with Crippen molar-refractivity contribution in [2.24, 2.45) is 5.92 Å². The Morgan fingerprint density at radius 2 is 1.74 bits per heavy atom. The van der Waals surface area contributed by atoms with E-state index in [4.69, 9.17) is 14.9 Å². The summed E-state index contributed by atoms with van der Waals surface area (Å²) in [5.74, 6) is 0.0119. The fourth-order valence-electron chi connectivity index (χ4n) is 4.14. The number of anilines is 1. The smallest absolute Gasteiger partial charge is 0.328 e. The van der Waals surface area contributed by atoms with E-state index in [0.717, 1.165) is 30.0 Å². The van der Waals surface area contributed by atoms with Crippen molar-refractivity contribution in [3.05, 3.63) is 53.7 Å². The topological polar surface area (TPSA) is 125 Å². The summed E-state index contributed by atoms with van der Waals surface area (Å²) in [7, 11) is 1.71. The molecule has 2 aromatic heterocycles. The van der Waals surface area contributed by atoms with Crippen LogP contribution in [0.15, 0.2) is 42.6 Å². The van der Waals surface area contributed by atoms with E-state index in [-0.39, 0.29) is 0 Å². The molecular weight excluding hydrogens is 446 g/mol. The van der Waals surface area contributed by atoms with E-state index in [0.29, 0.717) is 18.1 Å². The van der Waals surface area contributed by atoms with Crippen molar-refractivity contribution >= 4 is 50.3 Å². The highest BCUT2D eigenvalue weighted by Gasteiger charge is 2.17. The zero-order valence-electron chi connectivity index (χ0n) is 20.6. The molecule has 0 fully saturated rings. The third kappa shape index (κ3) is 5.71. The van der Waals surface area contributed by atoms with Gasteiger partial charge in [0.1, 0.15) is 11.6 Å². The molecule has 35 heavy (non-hydrogen) atoms. The number of carboxylic acids is 2. The van der Waals surface area contributed by atoms with Gasteiger partial charge in [-0.05, 0) is 67.0 Å². The van der Waals surface area contributed by atoms with Crippen molar-refractivity contribution in [2.45, 2.75) is 34.1 Å². The van der Waals surface area contributed by atoms with Gasteiger partial charge in [-0.25, -0.2) is 14.6 Å². The van der Waals surface area contributed by atoms with Crippen molar-refractivity contribution < 1.29 is 24.5 Å². The Hall–Kier alpha value is -4.07. The van der Waals surface area contributed by atoms with E-state index < -0.39 is 11.9 Å².